The zero-order valence-electron chi connectivity index (χ0n) is 9.35. The number of amides is 1. The second kappa shape index (κ2) is 5.33. The first kappa shape index (κ1) is 13.4. The summed E-state index contributed by atoms with van der Waals surface area (Å²) in [4.78, 5) is 21.6. The quantitative estimate of drug-likeness (QED) is 0.393. The number of carbonyl (C=O) groups excluding carboxylic acids is 1. The van der Waals surface area contributed by atoms with Gasteiger partial charge in [0.15, 0.2) is 4.32 Å². The van der Waals surface area contributed by atoms with E-state index >= 15 is 0 Å². The maximum absolute atomic E-state index is 11.4. The molecule has 1 N–H and O–H groups in total. The van der Waals surface area contributed by atoms with Crippen molar-refractivity contribution in [1.29, 1.82) is 0 Å². The van der Waals surface area contributed by atoms with Crippen molar-refractivity contribution in [2.24, 2.45) is 5.10 Å². The lowest BCUT2D eigenvalue weighted by Gasteiger charge is -2.06. The summed E-state index contributed by atoms with van der Waals surface area (Å²) in [6.45, 7) is 0. The lowest BCUT2D eigenvalue weighted by Crippen LogP contribution is -2.22. The van der Waals surface area contributed by atoms with Gasteiger partial charge in [0.2, 0.25) is 0 Å². The summed E-state index contributed by atoms with van der Waals surface area (Å²) in [5, 5.41) is 25.0. The average Bonchev–Trinajstić information content (AvgIpc) is 2.66. The summed E-state index contributed by atoms with van der Waals surface area (Å²) in [7, 11) is 0. The van der Waals surface area contributed by atoms with Crippen LogP contribution in [0.2, 0.25) is 0 Å². The highest BCUT2D eigenvalue weighted by Gasteiger charge is 2.26. The van der Waals surface area contributed by atoms with Gasteiger partial charge in [0.25, 0.3) is 11.6 Å². The van der Waals surface area contributed by atoms with Gasteiger partial charge in [0.05, 0.1) is 22.5 Å². The van der Waals surface area contributed by atoms with Crippen molar-refractivity contribution in [1.82, 2.24) is 5.01 Å². The molecule has 19 heavy (non-hydrogen) atoms. The van der Waals surface area contributed by atoms with E-state index in [-0.39, 0.29) is 28.7 Å². The minimum atomic E-state index is -0.598. The van der Waals surface area contributed by atoms with Crippen LogP contribution in [0.4, 0.5) is 5.69 Å². The Hall–Kier alpha value is -2.00. The number of aromatic hydroxyl groups is 1. The third-order valence-electron chi connectivity index (χ3n) is 2.25. The molecule has 0 atom stereocenters. The molecular formula is C10H7N3O4S2. The molecule has 7 nitrogen and oxygen atoms in total. The van der Waals surface area contributed by atoms with Crippen LogP contribution in [0.25, 0.3) is 0 Å². The van der Waals surface area contributed by atoms with Crippen molar-refractivity contribution in [2.75, 3.05) is 5.75 Å². The highest BCUT2D eigenvalue weighted by atomic mass is 32.2. The molecule has 2 rings (SSSR count). The summed E-state index contributed by atoms with van der Waals surface area (Å²) in [6, 6.07) is 3.56. The average molecular weight is 297 g/mol. The fourth-order valence-electron chi connectivity index (χ4n) is 1.39. The Labute approximate surface area is 117 Å². The topological polar surface area (TPSA) is 96.0 Å². The van der Waals surface area contributed by atoms with E-state index in [1.54, 1.807) is 0 Å². The third kappa shape index (κ3) is 2.88. The molecule has 0 aromatic heterocycles. The smallest absolute Gasteiger partial charge is 0.278 e. The zero-order chi connectivity index (χ0) is 14.0. The number of hydrazone groups is 1. The van der Waals surface area contributed by atoms with Gasteiger partial charge >= 0.3 is 0 Å². The fourth-order valence-corrected chi connectivity index (χ4v) is 2.36. The Balaban J connectivity index is 2.32. The summed E-state index contributed by atoms with van der Waals surface area (Å²) >= 11 is 6.09. The second-order valence-electron chi connectivity index (χ2n) is 3.50. The Morgan fingerprint density at radius 3 is 2.89 bits per heavy atom. The molecule has 1 aromatic rings. The first-order valence-corrected chi connectivity index (χ1v) is 6.39. The van der Waals surface area contributed by atoms with E-state index in [9.17, 15) is 20.0 Å². The molecule has 1 aromatic carbocycles. The van der Waals surface area contributed by atoms with Crippen molar-refractivity contribution in [3.63, 3.8) is 0 Å². The van der Waals surface area contributed by atoms with Crippen LogP contribution in [0.1, 0.15) is 5.56 Å². The number of nitro groups is 1. The van der Waals surface area contributed by atoms with Gasteiger partial charge in [-0.05, 0) is 12.1 Å². The molecule has 0 spiro atoms. The van der Waals surface area contributed by atoms with E-state index in [2.05, 4.69) is 5.10 Å². The standard InChI is InChI=1S/C10H7N3O4S2/c14-7-1-2-8(13(16)17)6(3-7)4-11-12-9(15)5-19-10(12)18/h1-4,14H,5H2/b11-4+. The molecule has 1 saturated heterocycles. The maximum Gasteiger partial charge on any atom is 0.278 e. The molecule has 0 radical (unpaired) electrons. The van der Waals surface area contributed by atoms with Crippen molar-refractivity contribution in [3.8, 4) is 5.75 Å². The van der Waals surface area contributed by atoms with Crippen molar-refractivity contribution >= 4 is 46.1 Å². The van der Waals surface area contributed by atoms with E-state index in [0.717, 1.165) is 17.3 Å². The number of thiocarbonyl (C=S) groups is 1. The van der Waals surface area contributed by atoms with Gasteiger partial charge < -0.3 is 5.11 Å². The van der Waals surface area contributed by atoms with Crippen molar-refractivity contribution in [2.45, 2.75) is 0 Å². The molecule has 1 aliphatic heterocycles. The van der Waals surface area contributed by atoms with Gasteiger partial charge in [0.1, 0.15) is 5.75 Å². The van der Waals surface area contributed by atoms with E-state index in [4.69, 9.17) is 12.2 Å². The van der Waals surface area contributed by atoms with Crippen molar-refractivity contribution in [3.05, 3.63) is 33.9 Å². The molecule has 0 unspecified atom stereocenters. The summed E-state index contributed by atoms with van der Waals surface area (Å²) in [6.07, 6.45) is 1.13. The lowest BCUT2D eigenvalue weighted by molar-refractivity contribution is -0.385. The van der Waals surface area contributed by atoms with Gasteiger partial charge in [0, 0.05) is 6.07 Å². The number of nitro benzene ring substituents is 1. The normalized spacial score (nSPS) is 15.5. The molecule has 0 saturated carbocycles. The number of hydrogen-bond acceptors (Lipinski definition) is 7. The monoisotopic (exact) mass is 297 g/mol. The fraction of sp³-hybridized carbons (Fsp3) is 0.100. The Morgan fingerprint density at radius 2 is 2.32 bits per heavy atom. The molecule has 9 heteroatoms. The molecule has 1 amide bonds. The highest BCUT2D eigenvalue weighted by molar-refractivity contribution is 8.23. The van der Waals surface area contributed by atoms with E-state index in [1.807, 2.05) is 0 Å². The van der Waals surface area contributed by atoms with Crippen molar-refractivity contribution < 1.29 is 14.8 Å². The number of rotatable bonds is 3. The van der Waals surface area contributed by atoms with Crippen LogP contribution in [-0.4, -0.2) is 37.2 Å². The predicted octanol–water partition coefficient (Wildman–Crippen LogP) is 1.49. The minimum absolute atomic E-state index is 0.0949. The molecular weight excluding hydrogens is 290 g/mol. The Bertz CT molecular complexity index is 586. The van der Waals surface area contributed by atoms with Crippen LogP contribution in [0, 0.1) is 10.1 Å². The molecule has 1 aliphatic rings. The first-order valence-electron chi connectivity index (χ1n) is 5.00. The number of nitrogens with zero attached hydrogens (tertiary/aromatic N) is 3. The molecule has 0 aliphatic carbocycles. The number of hydrogen-bond donors (Lipinski definition) is 1. The van der Waals surface area contributed by atoms with Gasteiger partial charge in [-0.25, -0.2) is 0 Å². The van der Waals surface area contributed by atoms with Gasteiger partial charge in [-0.2, -0.15) is 10.1 Å². The summed E-state index contributed by atoms with van der Waals surface area (Å²) < 4.78 is 0.295. The van der Waals surface area contributed by atoms with Gasteiger partial charge in [-0.1, -0.05) is 24.0 Å². The molecule has 1 heterocycles. The maximum atomic E-state index is 11.4. The second-order valence-corrected chi connectivity index (χ2v) is 5.11. The Morgan fingerprint density at radius 1 is 1.58 bits per heavy atom. The van der Waals surface area contributed by atoms with E-state index in [1.165, 1.54) is 23.9 Å². The van der Waals surface area contributed by atoms with Gasteiger partial charge in [-0.15, -0.1) is 0 Å². The van der Waals surface area contributed by atoms with Crippen LogP contribution >= 0.6 is 24.0 Å². The van der Waals surface area contributed by atoms with Crippen LogP contribution in [-0.2, 0) is 4.79 Å². The largest absolute Gasteiger partial charge is 0.508 e. The number of carbonyl (C=O) groups is 1. The Kier molecular flexibility index (Phi) is 3.76. The predicted molar refractivity (Wildman–Crippen MR) is 74.3 cm³/mol. The number of phenolic OH excluding ortho intramolecular Hbond substituents is 1. The summed E-state index contributed by atoms with van der Waals surface area (Å²) in [5.74, 6) is -0.205. The van der Waals surface area contributed by atoms with Crippen LogP contribution < -0.4 is 0 Å². The first-order chi connectivity index (χ1) is 8.99. The zero-order valence-corrected chi connectivity index (χ0v) is 11.0. The number of thioether (sulfide) groups is 1. The minimum Gasteiger partial charge on any atom is -0.508 e. The molecule has 1 fully saturated rings. The lowest BCUT2D eigenvalue weighted by atomic mass is 10.2. The SMILES string of the molecule is O=C1CSC(=S)N1/N=C/c1cc(O)ccc1[N+](=O)[O-]. The van der Waals surface area contributed by atoms with E-state index < -0.39 is 4.92 Å². The van der Waals surface area contributed by atoms with E-state index in [0.29, 0.717) is 4.32 Å². The van der Waals surface area contributed by atoms with Crippen LogP contribution in [0.5, 0.6) is 5.75 Å². The molecule has 0 bridgehead atoms. The molecule has 98 valence electrons. The van der Waals surface area contributed by atoms with Gasteiger partial charge in [-0.3, -0.25) is 14.9 Å². The van der Waals surface area contributed by atoms with Crippen LogP contribution in [0.15, 0.2) is 23.3 Å². The van der Waals surface area contributed by atoms with Crippen LogP contribution in [0.3, 0.4) is 0 Å². The highest BCUT2D eigenvalue weighted by Crippen LogP contribution is 2.23. The summed E-state index contributed by atoms with van der Waals surface area (Å²) in [5.41, 5.74) is -0.121. The number of phenols is 1. The third-order valence-corrected chi connectivity index (χ3v) is 3.59. The number of benzene rings is 1.